The molecule has 360 valence electrons. The third-order valence-electron chi connectivity index (χ3n) is 13.4. The van der Waals surface area contributed by atoms with Gasteiger partial charge in [0.1, 0.15) is 0 Å². The van der Waals surface area contributed by atoms with E-state index >= 15 is 0 Å². The zero-order chi connectivity index (χ0) is 50.9. The number of allylic oxidation sites excluding steroid dienone is 11. The number of hydrogen-bond donors (Lipinski definition) is 0. The fourth-order valence-corrected chi connectivity index (χ4v) is 11.3. The van der Waals surface area contributed by atoms with Crippen LogP contribution in [0.5, 0.6) is 0 Å². The van der Waals surface area contributed by atoms with Crippen LogP contribution in [0.4, 0.5) is 0 Å². The number of fused-ring (bicyclic) bond motifs is 10. The molecule has 0 saturated heterocycles. The molecule has 9 aromatic rings. The van der Waals surface area contributed by atoms with Gasteiger partial charge in [0.25, 0.3) is 0 Å². The van der Waals surface area contributed by atoms with Crippen molar-refractivity contribution in [1.82, 2.24) is 4.57 Å². The van der Waals surface area contributed by atoms with E-state index in [9.17, 15) is 0 Å². The van der Waals surface area contributed by atoms with Crippen molar-refractivity contribution in [1.29, 1.82) is 0 Å². The van der Waals surface area contributed by atoms with Crippen molar-refractivity contribution >= 4 is 70.8 Å². The summed E-state index contributed by atoms with van der Waals surface area (Å²) in [6.45, 7) is 26.3. The lowest BCUT2D eigenvalue weighted by Crippen LogP contribution is -2.12. The molecule has 0 bridgehead atoms. The maximum absolute atomic E-state index is 4.60. The fourth-order valence-electron chi connectivity index (χ4n) is 10.2. The van der Waals surface area contributed by atoms with Gasteiger partial charge in [0.15, 0.2) is 0 Å². The van der Waals surface area contributed by atoms with E-state index in [1.165, 1.54) is 103 Å². The summed E-state index contributed by atoms with van der Waals surface area (Å²) >= 11 is 1.88. The van der Waals surface area contributed by atoms with Crippen molar-refractivity contribution < 1.29 is 0 Å². The molecule has 1 unspecified atom stereocenters. The van der Waals surface area contributed by atoms with E-state index in [1.807, 2.05) is 81.5 Å². The first-order chi connectivity index (χ1) is 35.1. The lowest BCUT2D eigenvalue weighted by molar-refractivity contribution is 0.846. The molecular formula is C69H68N2S. The Balaban J connectivity index is 0.000000207. The van der Waals surface area contributed by atoms with E-state index in [0.29, 0.717) is 5.92 Å². The summed E-state index contributed by atoms with van der Waals surface area (Å²) in [6, 6.07) is 53.5. The van der Waals surface area contributed by atoms with E-state index in [0.717, 1.165) is 35.4 Å². The van der Waals surface area contributed by atoms with E-state index < -0.39 is 0 Å². The van der Waals surface area contributed by atoms with Crippen LogP contribution in [0.2, 0.25) is 0 Å². The Kier molecular flexibility index (Phi) is 16.3. The minimum absolute atomic E-state index is 0.365. The van der Waals surface area contributed by atoms with Gasteiger partial charge in [-0.3, -0.25) is 4.99 Å². The van der Waals surface area contributed by atoms with E-state index in [-0.39, 0.29) is 0 Å². The second-order valence-electron chi connectivity index (χ2n) is 18.5. The van der Waals surface area contributed by atoms with Crippen molar-refractivity contribution in [2.75, 3.05) is 0 Å². The quantitative estimate of drug-likeness (QED) is 0.101. The lowest BCUT2D eigenvalue weighted by atomic mass is 9.78. The predicted octanol–water partition coefficient (Wildman–Crippen LogP) is 20.4. The van der Waals surface area contributed by atoms with E-state index in [2.05, 4.69) is 203 Å². The fraction of sp³-hybridized carbons (Fsp3) is 0.174. The highest BCUT2D eigenvalue weighted by molar-refractivity contribution is 7.25. The molecule has 1 aliphatic carbocycles. The highest BCUT2D eigenvalue weighted by Crippen LogP contribution is 2.52. The molecule has 7 aromatic carbocycles. The Bertz CT molecular complexity index is 3650. The third kappa shape index (κ3) is 10.3. The van der Waals surface area contributed by atoms with Crippen LogP contribution in [0.15, 0.2) is 223 Å². The summed E-state index contributed by atoms with van der Waals surface area (Å²) in [7, 11) is 0. The zero-order valence-corrected chi connectivity index (χ0v) is 44.5. The number of thiophene rings is 1. The second kappa shape index (κ2) is 23.1. The summed E-state index contributed by atoms with van der Waals surface area (Å²) in [5, 5.41) is 5.39. The van der Waals surface area contributed by atoms with E-state index in [1.54, 1.807) is 6.08 Å². The number of rotatable bonds is 9. The zero-order valence-electron chi connectivity index (χ0n) is 43.7. The van der Waals surface area contributed by atoms with Gasteiger partial charge in [0.05, 0.1) is 16.7 Å². The largest absolute Gasteiger partial charge is 0.312 e. The molecular weight excluding hydrogens is 889 g/mol. The van der Waals surface area contributed by atoms with Crippen LogP contribution < -0.4 is 0 Å². The average molecular weight is 957 g/mol. The molecule has 0 spiro atoms. The summed E-state index contributed by atoms with van der Waals surface area (Å²) in [4.78, 5) is 4.60. The number of benzene rings is 7. The van der Waals surface area contributed by atoms with E-state index in [4.69, 9.17) is 0 Å². The summed E-state index contributed by atoms with van der Waals surface area (Å²) < 4.78 is 5.27. The summed E-state index contributed by atoms with van der Waals surface area (Å²) in [6.07, 6.45) is 18.6. The maximum atomic E-state index is 4.60. The molecule has 1 atom stereocenters. The third-order valence-corrected chi connectivity index (χ3v) is 14.6. The topological polar surface area (TPSA) is 17.3 Å². The van der Waals surface area contributed by atoms with Gasteiger partial charge in [-0.1, -0.05) is 197 Å². The normalized spacial score (nSPS) is 13.6. The molecule has 1 aliphatic heterocycles. The summed E-state index contributed by atoms with van der Waals surface area (Å²) in [5.41, 5.74) is 21.6. The monoisotopic (exact) mass is 957 g/mol. The van der Waals surface area contributed by atoms with Crippen molar-refractivity contribution in [3.63, 3.8) is 0 Å². The molecule has 0 N–H and O–H groups in total. The van der Waals surface area contributed by atoms with Gasteiger partial charge in [-0.2, -0.15) is 0 Å². The van der Waals surface area contributed by atoms with Crippen LogP contribution >= 0.6 is 11.3 Å². The van der Waals surface area contributed by atoms with Crippen molar-refractivity contribution in [3.05, 3.63) is 252 Å². The van der Waals surface area contributed by atoms with Gasteiger partial charge >= 0.3 is 0 Å². The molecule has 0 saturated carbocycles. The van der Waals surface area contributed by atoms with Crippen LogP contribution in [0.25, 0.3) is 76.0 Å². The molecule has 2 aromatic heterocycles. The van der Waals surface area contributed by atoms with Crippen molar-refractivity contribution in [2.24, 2.45) is 4.99 Å². The number of aryl methyl sites for hydroxylation is 2. The highest BCUT2D eigenvalue weighted by Gasteiger charge is 2.36. The Morgan fingerprint density at radius 2 is 1.40 bits per heavy atom. The standard InChI is InChI=1S/C42H29NS.C18H21N.C7H12.C2H6/c1-24-8-3-4-9-29(24)41-25(2)14-15-28-22-38-35(23-33(28)41)32-12-7-11-31-34-20-26(16-18-37(34)43(38)42(31)32)27-17-19-40-36(21-27)30-10-5-6-13-39(30)44-40;1-6-7-13-17(14(2)3)18(19-15(4)5)16-11-9-8-10-12-16;1-3-5-7-6-4-2;1-2/h3-22,35H,23H2,1-2H3;6-13H,1,4H2,2-3,5H3;3,5-7H,4H2,1-2H3;1-2H3/b;13-7-,19-18?;5-3-,7-6-;. The number of aromatic nitrogens is 1. The highest BCUT2D eigenvalue weighted by atomic mass is 32.1. The molecule has 3 heterocycles. The SMILES string of the molecule is C/C=C\C=C/CC.C=C/C=C\C(C(=NC(=C)C)c1ccccc1)=C(C)C.CC.Cc1ccccc1-c1c(C)ccc2c1CC1C(=C2)n2c3ccc(-c4ccc5sc6ccccc6c5c4)cc3c3cccc1c32. The smallest absolute Gasteiger partial charge is 0.0776 e. The molecule has 0 fully saturated rings. The van der Waals surface area contributed by atoms with Gasteiger partial charge in [0.2, 0.25) is 0 Å². The molecule has 0 amide bonds. The molecule has 2 aliphatic rings. The van der Waals surface area contributed by atoms with Gasteiger partial charge in [0, 0.05) is 53.8 Å². The van der Waals surface area contributed by atoms with Gasteiger partial charge in [-0.25, -0.2) is 0 Å². The Hall–Kier alpha value is -7.59. The first kappa shape index (κ1) is 50.8. The van der Waals surface area contributed by atoms with Gasteiger partial charge < -0.3 is 4.57 Å². The Labute approximate surface area is 432 Å². The molecule has 72 heavy (non-hydrogen) atoms. The van der Waals surface area contributed by atoms with Crippen LogP contribution in [0, 0.1) is 13.8 Å². The number of para-hydroxylation sites is 1. The average Bonchev–Trinajstić information content (AvgIpc) is 4.06. The van der Waals surface area contributed by atoms with Crippen LogP contribution in [0.1, 0.15) is 94.2 Å². The minimum atomic E-state index is 0.365. The number of hydrogen-bond acceptors (Lipinski definition) is 2. The number of aliphatic imine (C=N–C) groups is 1. The van der Waals surface area contributed by atoms with Gasteiger partial charge in [-0.15, -0.1) is 11.3 Å². The minimum Gasteiger partial charge on any atom is -0.312 e. The summed E-state index contributed by atoms with van der Waals surface area (Å²) in [5.74, 6) is 0.365. The van der Waals surface area contributed by atoms with Crippen molar-refractivity contribution in [2.45, 2.75) is 81.1 Å². The second-order valence-corrected chi connectivity index (χ2v) is 19.6. The molecule has 3 heteroatoms. The van der Waals surface area contributed by atoms with Crippen LogP contribution in [-0.4, -0.2) is 10.3 Å². The Morgan fingerprint density at radius 3 is 2.12 bits per heavy atom. The van der Waals surface area contributed by atoms with Crippen LogP contribution in [-0.2, 0) is 6.42 Å². The van der Waals surface area contributed by atoms with Crippen molar-refractivity contribution in [3.8, 4) is 22.3 Å². The first-order valence-corrected chi connectivity index (χ1v) is 26.4. The molecule has 0 radical (unpaired) electrons. The van der Waals surface area contributed by atoms with Gasteiger partial charge in [-0.05, 0) is 146 Å². The molecule has 2 nitrogen and oxygen atoms in total. The molecule has 11 rings (SSSR count). The predicted molar refractivity (Wildman–Crippen MR) is 321 cm³/mol. The van der Waals surface area contributed by atoms with Crippen LogP contribution in [0.3, 0.4) is 0 Å². The Morgan fingerprint density at radius 1 is 0.708 bits per heavy atom. The number of nitrogens with zero attached hydrogens (tertiary/aromatic N) is 2. The first-order valence-electron chi connectivity index (χ1n) is 25.5. The maximum Gasteiger partial charge on any atom is 0.0776 e. The lowest BCUT2D eigenvalue weighted by Gasteiger charge is -2.26.